The molecule has 0 aromatic heterocycles. The second kappa shape index (κ2) is 7.78. The van der Waals surface area contributed by atoms with Gasteiger partial charge in [0.25, 0.3) is 5.91 Å². The number of halogens is 1. The van der Waals surface area contributed by atoms with E-state index in [-0.39, 0.29) is 24.6 Å². The molecule has 0 aliphatic carbocycles. The maximum atomic E-state index is 13.9. The van der Waals surface area contributed by atoms with Crippen molar-refractivity contribution in [3.63, 3.8) is 0 Å². The molecule has 0 spiro atoms. The maximum Gasteiger partial charge on any atom is 0.328 e. The minimum absolute atomic E-state index is 0.104. The van der Waals surface area contributed by atoms with E-state index in [4.69, 9.17) is 9.47 Å². The zero-order valence-electron chi connectivity index (χ0n) is 15.6. The first-order valence-electron chi connectivity index (χ1n) is 8.77. The van der Waals surface area contributed by atoms with Gasteiger partial charge in [0.05, 0.1) is 13.7 Å². The van der Waals surface area contributed by atoms with Crippen molar-refractivity contribution in [2.45, 2.75) is 32.4 Å². The quantitative estimate of drug-likeness (QED) is 0.774. The number of hydrogen-bond acceptors (Lipinski definition) is 4. The number of carbonyl (C=O) groups excluding carboxylic acids is 2. The fraction of sp³-hybridized carbons (Fsp3) is 0.333. The summed E-state index contributed by atoms with van der Waals surface area (Å²) in [6.07, 6.45) is -0.252. The average molecular weight is 371 g/mol. The molecular formula is C21H22FNO4. The summed E-state index contributed by atoms with van der Waals surface area (Å²) in [6, 6.07) is 10.9. The Labute approximate surface area is 157 Å². The fourth-order valence-electron chi connectivity index (χ4n) is 3.45. The topological polar surface area (TPSA) is 55.8 Å². The smallest absolute Gasteiger partial charge is 0.328 e. The van der Waals surface area contributed by atoms with E-state index in [1.54, 1.807) is 24.3 Å². The minimum atomic E-state index is -0.764. The Hall–Kier alpha value is -2.89. The van der Waals surface area contributed by atoms with Crippen LogP contribution in [0.4, 0.5) is 4.39 Å². The van der Waals surface area contributed by atoms with Crippen LogP contribution >= 0.6 is 0 Å². The van der Waals surface area contributed by atoms with Crippen molar-refractivity contribution in [3.8, 4) is 5.75 Å². The van der Waals surface area contributed by atoms with Gasteiger partial charge in [-0.1, -0.05) is 29.3 Å². The number of carbonyl (C=O) groups is 2. The highest BCUT2D eigenvalue weighted by Gasteiger charge is 2.42. The molecule has 5 nitrogen and oxygen atoms in total. The molecule has 2 atom stereocenters. The molecule has 1 aliphatic heterocycles. The number of nitrogens with zero attached hydrogens (tertiary/aromatic N) is 1. The molecule has 6 heteroatoms. The fourth-order valence-corrected chi connectivity index (χ4v) is 3.45. The van der Waals surface area contributed by atoms with E-state index in [0.717, 1.165) is 11.1 Å². The summed E-state index contributed by atoms with van der Waals surface area (Å²) in [5, 5.41) is 0. The molecule has 27 heavy (non-hydrogen) atoms. The van der Waals surface area contributed by atoms with E-state index in [9.17, 15) is 14.0 Å². The first-order valence-corrected chi connectivity index (χ1v) is 8.77. The van der Waals surface area contributed by atoms with Crippen LogP contribution in [0.3, 0.4) is 0 Å². The van der Waals surface area contributed by atoms with Crippen molar-refractivity contribution in [1.82, 2.24) is 4.90 Å². The summed E-state index contributed by atoms with van der Waals surface area (Å²) < 4.78 is 24.5. The number of likely N-dealkylation sites (tertiary alicyclic amines) is 1. The molecule has 1 aliphatic rings. The van der Waals surface area contributed by atoms with Crippen molar-refractivity contribution in [3.05, 3.63) is 65.0 Å². The van der Waals surface area contributed by atoms with Crippen molar-refractivity contribution < 1.29 is 23.5 Å². The van der Waals surface area contributed by atoms with Gasteiger partial charge in [-0.05, 0) is 38.1 Å². The zero-order chi connectivity index (χ0) is 19.6. The van der Waals surface area contributed by atoms with Crippen LogP contribution < -0.4 is 4.74 Å². The average Bonchev–Trinajstić information content (AvgIpc) is 3.05. The summed E-state index contributed by atoms with van der Waals surface area (Å²) in [4.78, 5) is 26.7. The number of rotatable bonds is 4. The van der Waals surface area contributed by atoms with E-state index < -0.39 is 23.9 Å². The molecule has 142 valence electrons. The highest BCUT2D eigenvalue weighted by atomic mass is 19.1. The van der Waals surface area contributed by atoms with Gasteiger partial charge in [-0.25, -0.2) is 9.18 Å². The van der Waals surface area contributed by atoms with Crippen molar-refractivity contribution in [1.29, 1.82) is 0 Å². The van der Waals surface area contributed by atoms with E-state index >= 15 is 0 Å². The molecule has 0 N–H and O–H groups in total. The summed E-state index contributed by atoms with van der Waals surface area (Å²) in [5.74, 6) is -1.15. The Morgan fingerprint density at radius 3 is 2.41 bits per heavy atom. The van der Waals surface area contributed by atoms with Crippen LogP contribution in [0.5, 0.6) is 5.75 Å². The number of ether oxygens (including phenoxy) is 2. The summed E-state index contributed by atoms with van der Waals surface area (Å²) >= 11 is 0. The molecule has 1 amide bonds. The predicted molar refractivity (Wildman–Crippen MR) is 98.2 cm³/mol. The van der Waals surface area contributed by atoms with E-state index in [1.165, 1.54) is 24.1 Å². The Morgan fingerprint density at radius 2 is 1.78 bits per heavy atom. The highest BCUT2D eigenvalue weighted by molar-refractivity contribution is 5.97. The van der Waals surface area contributed by atoms with Crippen LogP contribution in [0.2, 0.25) is 0 Å². The SMILES string of the molecule is COC(=O)C1CC(Oc2ccccc2F)CN1C(=O)c1cc(C)cc(C)c1. The maximum absolute atomic E-state index is 13.9. The predicted octanol–water partition coefficient (Wildman–Crippen LogP) is 3.28. The van der Waals surface area contributed by atoms with E-state index in [2.05, 4.69) is 0 Å². The van der Waals surface area contributed by atoms with Crippen LogP contribution in [-0.4, -0.2) is 42.6 Å². The van der Waals surface area contributed by atoms with E-state index in [0.29, 0.717) is 5.56 Å². The van der Waals surface area contributed by atoms with Crippen LogP contribution in [0, 0.1) is 19.7 Å². The molecule has 1 saturated heterocycles. The van der Waals surface area contributed by atoms with Gasteiger partial charge in [0, 0.05) is 12.0 Å². The number of amides is 1. The van der Waals surface area contributed by atoms with Gasteiger partial charge >= 0.3 is 5.97 Å². The summed E-state index contributed by atoms with van der Waals surface area (Å²) in [6.45, 7) is 4.01. The molecule has 0 saturated carbocycles. The third-order valence-corrected chi connectivity index (χ3v) is 4.60. The molecule has 2 unspecified atom stereocenters. The zero-order valence-corrected chi connectivity index (χ0v) is 15.6. The van der Waals surface area contributed by atoms with Crippen LogP contribution in [0.1, 0.15) is 27.9 Å². The molecule has 0 radical (unpaired) electrons. The van der Waals surface area contributed by atoms with E-state index in [1.807, 2.05) is 19.9 Å². The number of methoxy groups -OCH3 is 1. The molecule has 1 fully saturated rings. The summed E-state index contributed by atoms with van der Waals surface area (Å²) in [7, 11) is 1.28. The van der Waals surface area contributed by atoms with Gasteiger partial charge in [-0.15, -0.1) is 0 Å². The first kappa shape index (κ1) is 18.9. The number of para-hydroxylation sites is 1. The second-order valence-corrected chi connectivity index (χ2v) is 6.78. The Balaban J connectivity index is 1.84. The Morgan fingerprint density at radius 1 is 1.11 bits per heavy atom. The molecule has 2 aromatic carbocycles. The van der Waals surface area contributed by atoms with Crippen LogP contribution in [0.15, 0.2) is 42.5 Å². The number of hydrogen-bond donors (Lipinski definition) is 0. The lowest BCUT2D eigenvalue weighted by Crippen LogP contribution is -2.41. The third kappa shape index (κ3) is 4.10. The van der Waals surface area contributed by atoms with Crippen molar-refractivity contribution >= 4 is 11.9 Å². The lowest BCUT2D eigenvalue weighted by molar-refractivity contribution is -0.145. The first-order chi connectivity index (χ1) is 12.9. The molecule has 1 heterocycles. The standard InChI is InChI=1S/C21H22FNO4/c1-13-8-14(2)10-15(9-13)20(24)23-12-16(11-18(23)21(25)26-3)27-19-7-5-4-6-17(19)22/h4-10,16,18H,11-12H2,1-3H3. The monoisotopic (exact) mass is 371 g/mol. The number of benzene rings is 2. The molecule has 0 bridgehead atoms. The highest BCUT2D eigenvalue weighted by Crippen LogP contribution is 2.27. The Bertz CT molecular complexity index is 847. The van der Waals surface area contributed by atoms with Gasteiger partial charge < -0.3 is 14.4 Å². The summed E-state index contributed by atoms with van der Waals surface area (Å²) in [5.41, 5.74) is 2.44. The Kier molecular flexibility index (Phi) is 5.44. The van der Waals surface area contributed by atoms with Gasteiger partial charge in [-0.2, -0.15) is 0 Å². The third-order valence-electron chi connectivity index (χ3n) is 4.60. The lowest BCUT2D eigenvalue weighted by Gasteiger charge is -2.22. The molecule has 2 aromatic rings. The second-order valence-electron chi connectivity index (χ2n) is 6.78. The molecule has 3 rings (SSSR count). The normalized spacial score (nSPS) is 19.0. The molecular weight excluding hydrogens is 349 g/mol. The van der Waals surface area contributed by atoms with Crippen molar-refractivity contribution in [2.75, 3.05) is 13.7 Å². The number of esters is 1. The van der Waals surface area contributed by atoms with Crippen LogP contribution in [0.25, 0.3) is 0 Å². The van der Waals surface area contributed by atoms with Gasteiger partial charge in [0.2, 0.25) is 0 Å². The van der Waals surface area contributed by atoms with Crippen LogP contribution in [-0.2, 0) is 9.53 Å². The minimum Gasteiger partial charge on any atom is -0.485 e. The largest absolute Gasteiger partial charge is 0.485 e. The van der Waals surface area contributed by atoms with Gasteiger partial charge in [-0.3, -0.25) is 4.79 Å². The number of aryl methyl sites for hydroxylation is 2. The van der Waals surface area contributed by atoms with Crippen molar-refractivity contribution in [2.24, 2.45) is 0 Å². The lowest BCUT2D eigenvalue weighted by atomic mass is 10.1. The van der Waals surface area contributed by atoms with Gasteiger partial charge in [0.15, 0.2) is 11.6 Å². The van der Waals surface area contributed by atoms with Gasteiger partial charge in [0.1, 0.15) is 12.1 Å².